The molecular weight excluding hydrogens is 277 g/mol. The highest BCUT2D eigenvalue weighted by atomic mass is 19.1. The molecule has 2 aromatic carbocycles. The highest BCUT2D eigenvalue weighted by molar-refractivity contribution is 5.78. The highest BCUT2D eigenvalue weighted by Crippen LogP contribution is 2.27. The molecule has 22 heavy (non-hydrogen) atoms. The number of H-pyrrole nitrogens is 1. The van der Waals surface area contributed by atoms with Gasteiger partial charge in [0, 0.05) is 17.4 Å². The number of aromatic nitrogens is 3. The van der Waals surface area contributed by atoms with Gasteiger partial charge in [0.2, 0.25) is 0 Å². The van der Waals surface area contributed by atoms with Crippen LogP contribution in [0, 0.1) is 18.8 Å². The summed E-state index contributed by atoms with van der Waals surface area (Å²) >= 11 is 0. The molecule has 0 fully saturated rings. The monoisotopic (exact) mass is 290 g/mol. The minimum Gasteiger partial charge on any atom is -0.345 e. The summed E-state index contributed by atoms with van der Waals surface area (Å²) in [5, 5.41) is 0. The summed E-state index contributed by atoms with van der Waals surface area (Å²) in [6.07, 6.45) is 1.68. The molecule has 0 saturated carbocycles. The number of nitrogens with zero attached hydrogens (tertiary/aromatic N) is 2. The summed E-state index contributed by atoms with van der Waals surface area (Å²) in [5.74, 6) is -0.236. The zero-order chi connectivity index (χ0) is 15.1. The predicted molar refractivity (Wildman–Crippen MR) is 84.4 cm³/mol. The molecule has 0 spiro atoms. The van der Waals surface area contributed by atoms with Gasteiger partial charge in [0.25, 0.3) is 0 Å². The molecule has 1 N–H and O–H groups in total. The Balaban J connectivity index is 1.91. The molecule has 0 saturated heterocycles. The van der Waals surface area contributed by atoms with Crippen molar-refractivity contribution in [1.29, 1.82) is 0 Å². The molecule has 107 valence electrons. The number of benzene rings is 2. The number of imidazole rings is 1. The number of halogens is 1. The molecule has 0 unspecified atom stereocenters. The SMILES string of the molecule is Cc1[c]cc(-c2ccc(F)cc2)n1-c1ccc2[nH]cnc2c1. The van der Waals surface area contributed by atoms with Crippen LogP contribution >= 0.6 is 0 Å². The van der Waals surface area contributed by atoms with E-state index >= 15 is 0 Å². The van der Waals surface area contributed by atoms with Crippen molar-refractivity contribution in [2.45, 2.75) is 6.92 Å². The van der Waals surface area contributed by atoms with E-state index in [2.05, 4.69) is 20.6 Å². The Morgan fingerprint density at radius 3 is 2.77 bits per heavy atom. The van der Waals surface area contributed by atoms with Crippen LogP contribution in [0.15, 0.2) is 54.9 Å². The molecule has 4 rings (SSSR count). The van der Waals surface area contributed by atoms with Crippen molar-refractivity contribution in [1.82, 2.24) is 14.5 Å². The average molecular weight is 290 g/mol. The summed E-state index contributed by atoms with van der Waals surface area (Å²) in [5.41, 5.74) is 5.85. The largest absolute Gasteiger partial charge is 0.345 e. The van der Waals surface area contributed by atoms with E-state index in [1.54, 1.807) is 18.5 Å². The standard InChI is InChI=1S/C18H13FN3/c1-12-2-9-18(13-3-5-14(19)6-4-13)22(12)15-7-8-16-17(10-15)21-11-20-16/h3-11H,1H3,(H,20,21). The quantitative estimate of drug-likeness (QED) is 0.587. The van der Waals surface area contributed by atoms with Gasteiger partial charge in [0.1, 0.15) is 5.82 Å². The lowest BCUT2D eigenvalue weighted by Gasteiger charge is -2.12. The van der Waals surface area contributed by atoms with E-state index in [-0.39, 0.29) is 5.82 Å². The Kier molecular flexibility index (Phi) is 2.82. The van der Waals surface area contributed by atoms with Crippen LogP contribution in [0.1, 0.15) is 5.69 Å². The number of hydrogen-bond donors (Lipinski definition) is 1. The Labute approximate surface area is 127 Å². The minimum atomic E-state index is -0.236. The van der Waals surface area contributed by atoms with Gasteiger partial charge in [-0.1, -0.05) is 0 Å². The first-order valence-electron chi connectivity index (χ1n) is 7.02. The summed E-state index contributed by atoms with van der Waals surface area (Å²) in [6.45, 7) is 2.00. The number of rotatable bonds is 2. The van der Waals surface area contributed by atoms with Crippen LogP contribution in [0.4, 0.5) is 4.39 Å². The molecule has 1 radical (unpaired) electrons. The Hall–Kier alpha value is -2.88. The van der Waals surface area contributed by atoms with E-state index in [4.69, 9.17) is 0 Å². The van der Waals surface area contributed by atoms with E-state index in [0.717, 1.165) is 33.7 Å². The summed E-state index contributed by atoms with van der Waals surface area (Å²) in [7, 11) is 0. The Morgan fingerprint density at radius 2 is 1.95 bits per heavy atom. The zero-order valence-corrected chi connectivity index (χ0v) is 12.0. The topological polar surface area (TPSA) is 33.6 Å². The molecule has 0 bridgehead atoms. The lowest BCUT2D eigenvalue weighted by molar-refractivity contribution is 0.628. The smallest absolute Gasteiger partial charge is 0.123 e. The van der Waals surface area contributed by atoms with Gasteiger partial charge in [-0.15, -0.1) is 0 Å². The van der Waals surface area contributed by atoms with Crippen molar-refractivity contribution in [3.05, 3.63) is 72.4 Å². The first-order valence-corrected chi connectivity index (χ1v) is 7.02. The van der Waals surface area contributed by atoms with E-state index in [0.29, 0.717) is 0 Å². The number of aryl methyl sites for hydroxylation is 1. The fourth-order valence-electron chi connectivity index (χ4n) is 2.71. The van der Waals surface area contributed by atoms with Gasteiger partial charge in [-0.2, -0.15) is 0 Å². The molecule has 0 aliphatic carbocycles. The minimum absolute atomic E-state index is 0.236. The zero-order valence-electron chi connectivity index (χ0n) is 12.0. The van der Waals surface area contributed by atoms with E-state index in [9.17, 15) is 4.39 Å². The summed E-state index contributed by atoms with van der Waals surface area (Å²) in [6, 6.07) is 17.7. The van der Waals surface area contributed by atoms with Crippen LogP contribution in [0.5, 0.6) is 0 Å². The lowest BCUT2D eigenvalue weighted by Crippen LogP contribution is -1.99. The van der Waals surface area contributed by atoms with Crippen molar-refractivity contribution >= 4 is 11.0 Å². The third-order valence-corrected chi connectivity index (χ3v) is 3.80. The summed E-state index contributed by atoms with van der Waals surface area (Å²) in [4.78, 5) is 7.39. The van der Waals surface area contributed by atoms with Crippen molar-refractivity contribution in [2.24, 2.45) is 0 Å². The van der Waals surface area contributed by atoms with Gasteiger partial charge in [-0.25, -0.2) is 9.37 Å². The fourth-order valence-corrected chi connectivity index (χ4v) is 2.71. The van der Waals surface area contributed by atoms with E-state index in [1.807, 2.05) is 31.2 Å². The normalized spacial score (nSPS) is 11.2. The molecule has 4 aromatic rings. The van der Waals surface area contributed by atoms with Crippen LogP contribution in [-0.2, 0) is 0 Å². The van der Waals surface area contributed by atoms with E-state index < -0.39 is 0 Å². The third kappa shape index (κ3) is 2.00. The van der Waals surface area contributed by atoms with Crippen molar-refractivity contribution in [3.8, 4) is 16.9 Å². The maximum absolute atomic E-state index is 13.1. The molecule has 4 heteroatoms. The molecular formula is C18H13FN3. The average Bonchev–Trinajstić information content (AvgIpc) is 3.13. The maximum Gasteiger partial charge on any atom is 0.123 e. The molecule has 3 nitrogen and oxygen atoms in total. The lowest BCUT2D eigenvalue weighted by atomic mass is 10.1. The number of hydrogen-bond acceptors (Lipinski definition) is 1. The Morgan fingerprint density at radius 1 is 1.14 bits per heavy atom. The van der Waals surface area contributed by atoms with Crippen molar-refractivity contribution in [3.63, 3.8) is 0 Å². The first kappa shape index (κ1) is 12.8. The third-order valence-electron chi connectivity index (χ3n) is 3.80. The van der Waals surface area contributed by atoms with Crippen LogP contribution in [-0.4, -0.2) is 14.5 Å². The maximum atomic E-state index is 13.1. The van der Waals surface area contributed by atoms with Crippen molar-refractivity contribution in [2.75, 3.05) is 0 Å². The number of aromatic amines is 1. The predicted octanol–water partition coefficient (Wildman–Crippen LogP) is 4.27. The number of fused-ring (bicyclic) bond motifs is 1. The second kappa shape index (κ2) is 4.84. The van der Waals surface area contributed by atoms with Gasteiger partial charge in [0.05, 0.1) is 23.1 Å². The molecule has 2 heterocycles. The number of nitrogens with one attached hydrogen (secondary N) is 1. The van der Waals surface area contributed by atoms with Crippen LogP contribution in [0.25, 0.3) is 28.0 Å². The summed E-state index contributed by atoms with van der Waals surface area (Å²) < 4.78 is 15.2. The van der Waals surface area contributed by atoms with Crippen molar-refractivity contribution < 1.29 is 4.39 Å². The molecule has 0 aliphatic rings. The van der Waals surface area contributed by atoms with Gasteiger partial charge >= 0.3 is 0 Å². The molecule has 0 amide bonds. The first-order chi connectivity index (χ1) is 10.7. The van der Waals surface area contributed by atoms with Gasteiger partial charge in [-0.05, 0) is 61.0 Å². The molecule has 2 aromatic heterocycles. The van der Waals surface area contributed by atoms with Crippen LogP contribution in [0.3, 0.4) is 0 Å². The fraction of sp³-hybridized carbons (Fsp3) is 0.0556. The van der Waals surface area contributed by atoms with Crippen LogP contribution in [0.2, 0.25) is 0 Å². The second-order valence-corrected chi connectivity index (χ2v) is 5.21. The van der Waals surface area contributed by atoms with Gasteiger partial charge < -0.3 is 9.55 Å². The van der Waals surface area contributed by atoms with Crippen LogP contribution < -0.4 is 0 Å². The molecule has 0 atom stereocenters. The van der Waals surface area contributed by atoms with Gasteiger partial charge in [-0.3, -0.25) is 0 Å². The second-order valence-electron chi connectivity index (χ2n) is 5.21. The molecule has 0 aliphatic heterocycles. The Bertz CT molecular complexity index is 948. The van der Waals surface area contributed by atoms with Gasteiger partial charge in [0.15, 0.2) is 0 Å². The highest BCUT2D eigenvalue weighted by Gasteiger charge is 2.11. The van der Waals surface area contributed by atoms with E-state index in [1.165, 1.54) is 12.1 Å².